The molecule has 1 unspecified atom stereocenters. The highest BCUT2D eigenvalue weighted by Crippen LogP contribution is 2.30. The minimum absolute atomic E-state index is 0.0327. The smallest absolute Gasteiger partial charge is 0.407 e. The van der Waals surface area contributed by atoms with E-state index >= 15 is 0 Å². The van der Waals surface area contributed by atoms with Crippen LogP contribution in [0.3, 0.4) is 0 Å². The van der Waals surface area contributed by atoms with Gasteiger partial charge in [0.25, 0.3) is 0 Å². The fourth-order valence-corrected chi connectivity index (χ4v) is 2.89. The van der Waals surface area contributed by atoms with Gasteiger partial charge in [-0.25, -0.2) is 9.18 Å². The maximum Gasteiger partial charge on any atom is 0.407 e. The van der Waals surface area contributed by atoms with Gasteiger partial charge >= 0.3 is 12.1 Å². The summed E-state index contributed by atoms with van der Waals surface area (Å²) in [5.74, 6) is -1.46. The molecule has 0 fully saturated rings. The van der Waals surface area contributed by atoms with E-state index in [0.29, 0.717) is 5.56 Å². The van der Waals surface area contributed by atoms with E-state index in [4.69, 9.17) is 4.74 Å². The Hall–Kier alpha value is -2.41. The second-order valence-electron chi connectivity index (χ2n) is 6.18. The van der Waals surface area contributed by atoms with Crippen LogP contribution in [0.5, 0.6) is 0 Å². The second kappa shape index (κ2) is 8.80. The van der Waals surface area contributed by atoms with Gasteiger partial charge in [0, 0.05) is 12.0 Å². The lowest BCUT2D eigenvalue weighted by atomic mass is 9.79. The Morgan fingerprint density at radius 3 is 2.54 bits per heavy atom. The van der Waals surface area contributed by atoms with Crippen LogP contribution in [-0.4, -0.2) is 23.7 Å². The van der Waals surface area contributed by atoms with Crippen molar-refractivity contribution in [2.75, 3.05) is 6.54 Å². The maximum absolute atomic E-state index is 13.5. The van der Waals surface area contributed by atoms with Gasteiger partial charge in [0.2, 0.25) is 0 Å². The van der Waals surface area contributed by atoms with E-state index in [-0.39, 0.29) is 24.0 Å². The molecule has 1 atom stereocenters. The number of ether oxygens (including phenoxy) is 1. The molecule has 2 aromatic rings. The number of rotatable bonds is 7. The lowest BCUT2D eigenvalue weighted by molar-refractivity contribution is -0.138. The van der Waals surface area contributed by atoms with Crippen LogP contribution in [0.1, 0.15) is 24.5 Å². The first-order chi connectivity index (χ1) is 12.3. The molecule has 0 aliphatic carbocycles. The summed E-state index contributed by atoms with van der Waals surface area (Å²) >= 11 is 3.10. The monoisotopic (exact) mass is 423 g/mol. The minimum Gasteiger partial charge on any atom is -0.481 e. The zero-order chi connectivity index (χ0) is 19.2. The molecular weight excluding hydrogens is 405 g/mol. The van der Waals surface area contributed by atoms with Crippen molar-refractivity contribution in [1.29, 1.82) is 0 Å². The number of carboxylic acid groups (broad SMARTS) is 1. The number of aliphatic carboxylic acids is 1. The van der Waals surface area contributed by atoms with Crippen molar-refractivity contribution in [3.63, 3.8) is 0 Å². The third kappa shape index (κ3) is 5.56. The lowest BCUT2D eigenvalue weighted by Crippen LogP contribution is -2.40. The minimum atomic E-state index is -1.02. The number of carbonyl (C=O) groups excluding carboxylic acids is 1. The highest BCUT2D eigenvalue weighted by molar-refractivity contribution is 9.10. The topological polar surface area (TPSA) is 75.6 Å². The van der Waals surface area contributed by atoms with Crippen LogP contribution >= 0.6 is 15.9 Å². The zero-order valence-electron chi connectivity index (χ0n) is 14.2. The number of hydrogen-bond donors (Lipinski definition) is 2. The van der Waals surface area contributed by atoms with E-state index in [1.165, 1.54) is 18.2 Å². The van der Waals surface area contributed by atoms with Gasteiger partial charge in [-0.15, -0.1) is 0 Å². The van der Waals surface area contributed by atoms with E-state index in [1.54, 1.807) is 6.92 Å². The van der Waals surface area contributed by atoms with Crippen molar-refractivity contribution < 1.29 is 23.8 Å². The van der Waals surface area contributed by atoms with Gasteiger partial charge < -0.3 is 15.2 Å². The van der Waals surface area contributed by atoms with Crippen molar-refractivity contribution in [3.05, 3.63) is 69.9 Å². The average molecular weight is 424 g/mol. The molecular formula is C19H19BrFNO4. The normalized spacial score (nSPS) is 12.9. The summed E-state index contributed by atoms with van der Waals surface area (Å²) in [6, 6.07) is 13.5. The fourth-order valence-electron chi connectivity index (χ4n) is 2.51. The summed E-state index contributed by atoms with van der Waals surface area (Å²) in [5.41, 5.74) is 0.517. The molecule has 26 heavy (non-hydrogen) atoms. The number of halogens is 2. The van der Waals surface area contributed by atoms with E-state index in [0.717, 1.165) is 5.56 Å². The van der Waals surface area contributed by atoms with Gasteiger partial charge in [0.15, 0.2) is 0 Å². The van der Waals surface area contributed by atoms with E-state index in [2.05, 4.69) is 21.2 Å². The van der Waals surface area contributed by atoms with Crippen LogP contribution in [0.15, 0.2) is 53.0 Å². The summed E-state index contributed by atoms with van der Waals surface area (Å²) < 4.78 is 18.8. The standard InChI is InChI=1S/C19H19BrFNO4/c1-19(10-17(23)24,14-7-8-16(21)15(20)9-14)12-22-18(25)26-11-13-5-3-2-4-6-13/h2-9H,10-12H2,1H3,(H,22,25)(H,23,24). The molecule has 0 aliphatic heterocycles. The van der Waals surface area contributed by atoms with Crippen molar-refractivity contribution in [3.8, 4) is 0 Å². The maximum atomic E-state index is 13.5. The molecule has 0 saturated heterocycles. The van der Waals surface area contributed by atoms with Crippen molar-refractivity contribution >= 4 is 28.0 Å². The molecule has 138 valence electrons. The summed E-state index contributed by atoms with van der Waals surface area (Å²) in [5, 5.41) is 11.8. The Labute approximate surface area is 159 Å². The Balaban J connectivity index is 2.03. The molecule has 5 nitrogen and oxygen atoms in total. The second-order valence-corrected chi connectivity index (χ2v) is 7.03. The molecule has 0 aromatic heterocycles. The highest BCUT2D eigenvalue weighted by atomic mass is 79.9. The van der Waals surface area contributed by atoms with E-state index < -0.39 is 23.3 Å². The van der Waals surface area contributed by atoms with Crippen molar-refractivity contribution in [2.24, 2.45) is 0 Å². The van der Waals surface area contributed by atoms with Crippen LogP contribution in [0.2, 0.25) is 0 Å². The number of hydrogen-bond acceptors (Lipinski definition) is 3. The number of carboxylic acids is 1. The largest absolute Gasteiger partial charge is 0.481 e. The lowest BCUT2D eigenvalue weighted by Gasteiger charge is -2.29. The number of nitrogens with one attached hydrogen (secondary N) is 1. The summed E-state index contributed by atoms with van der Waals surface area (Å²) in [6.45, 7) is 1.84. The third-order valence-electron chi connectivity index (χ3n) is 3.99. The number of benzene rings is 2. The summed E-state index contributed by atoms with van der Waals surface area (Å²) in [7, 11) is 0. The van der Waals surface area contributed by atoms with Crippen LogP contribution in [0.25, 0.3) is 0 Å². The van der Waals surface area contributed by atoms with Gasteiger partial charge in [-0.3, -0.25) is 4.79 Å². The van der Waals surface area contributed by atoms with Crippen LogP contribution in [-0.2, 0) is 21.6 Å². The van der Waals surface area contributed by atoms with Gasteiger partial charge in [-0.05, 0) is 39.2 Å². The molecule has 0 saturated carbocycles. The first-order valence-electron chi connectivity index (χ1n) is 7.92. The third-order valence-corrected chi connectivity index (χ3v) is 4.60. The SMILES string of the molecule is CC(CNC(=O)OCc1ccccc1)(CC(=O)O)c1ccc(F)c(Br)c1. The van der Waals surface area contributed by atoms with E-state index in [9.17, 15) is 19.1 Å². The van der Waals surface area contributed by atoms with Gasteiger partial charge in [0.1, 0.15) is 12.4 Å². The first-order valence-corrected chi connectivity index (χ1v) is 8.71. The predicted octanol–water partition coefficient (Wildman–Crippen LogP) is 4.25. The molecule has 7 heteroatoms. The first kappa shape index (κ1) is 19.9. The highest BCUT2D eigenvalue weighted by Gasteiger charge is 2.31. The quantitative estimate of drug-likeness (QED) is 0.697. The average Bonchev–Trinajstić information content (AvgIpc) is 2.61. The van der Waals surface area contributed by atoms with Crippen LogP contribution < -0.4 is 5.32 Å². The Morgan fingerprint density at radius 2 is 1.92 bits per heavy atom. The molecule has 0 radical (unpaired) electrons. The molecule has 2 rings (SSSR count). The number of amides is 1. The van der Waals surface area contributed by atoms with Gasteiger partial charge in [-0.2, -0.15) is 0 Å². The van der Waals surface area contributed by atoms with Gasteiger partial charge in [-0.1, -0.05) is 43.3 Å². The fraction of sp³-hybridized carbons (Fsp3) is 0.263. The van der Waals surface area contributed by atoms with Crippen LogP contribution in [0.4, 0.5) is 9.18 Å². The Bertz CT molecular complexity index is 784. The molecule has 0 aliphatic rings. The molecule has 0 spiro atoms. The van der Waals surface area contributed by atoms with E-state index in [1.807, 2.05) is 30.3 Å². The number of carbonyl (C=O) groups is 2. The van der Waals surface area contributed by atoms with Gasteiger partial charge in [0.05, 0.1) is 10.9 Å². The summed E-state index contributed by atoms with van der Waals surface area (Å²) in [6.07, 6.45) is -0.879. The molecule has 0 bridgehead atoms. The van der Waals surface area contributed by atoms with Crippen LogP contribution in [0, 0.1) is 5.82 Å². The summed E-state index contributed by atoms with van der Waals surface area (Å²) in [4.78, 5) is 23.2. The molecule has 0 heterocycles. The molecule has 1 amide bonds. The number of alkyl carbamates (subject to hydrolysis) is 1. The molecule has 2 N–H and O–H groups in total. The predicted molar refractivity (Wildman–Crippen MR) is 98.3 cm³/mol. The Morgan fingerprint density at radius 1 is 1.23 bits per heavy atom. The van der Waals surface area contributed by atoms with Crippen molar-refractivity contribution in [1.82, 2.24) is 5.32 Å². The Kier molecular flexibility index (Phi) is 6.74. The van der Waals surface area contributed by atoms with Crippen molar-refractivity contribution in [2.45, 2.75) is 25.4 Å². The molecule has 2 aromatic carbocycles. The zero-order valence-corrected chi connectivity index (χ0v) is 15.8.